The maximum absolute atomic E-state index is 11.9. The van der Waals surface area contributed by atoms with E-state index in [9.17, 15) is 9.59 Å². The number of benzene rings is 2. The van der Waals surface area contributed by atoms with Crippen LogP contribution < -0.4 is 5.32 Å². The Bertz CT molecular complexity index is 700. The molecule has 0 aliphatic rings. The minimum atomic E-state index is -0.939. The molecule has 0 aliphatic heterocycles. The van der Waals surface area contributed by atoms with Gasteiger partial charge in [0, 0.05) is 13.0 Å². The van der Waals surface area contributed by atoms with E-state index in [1.807, 2.05) is 0 Å². The van der Waals surface area contributed by atoms with Gasteiger partial charge in [0.05, 0.1) is 5.56 Å². The van der Waals surface area contributed by atoms with Gasteiger partial charge in [-0.1, -0.05) is 41.5 Å². The number of carbonyl (C=O) groups excluding carboxylic acids is 1. The van der Waals surface area contributed by atoms with Crippen molar-refractivity contribution in [1.29, 1.82) is 0 Å². The van der Waals surface area contributed by atoms with Gasteiger partial charge < -0.3 is 10.4 Å². The molecule has 2 aromatic carbocycles. The van der Waals surface area contributed by atoms with E-state index in [1.165, 1.54) is 16.7 Å². The lowest BCUT2D eigenvalue weighted by molar-refractivity contribution is -0.121. The van der Waals surface area contributed by atoms with Crippen LogP contribution >= 0.6 is 0 Å². The largest absolute Gasteiger partial charge is 0.478 e. The molecule has 0 saturated carbocycles. The first-order valence-electron chi connectivity index (χ1n) is 8.10. The highest BCUT2D eigenvalue weighted by atomic mass is 16.4. The number of rotatable bonds is 7. The fourth-order valence-electron chi connectivity index (χ4n) is 2.72. The lowest BCUT2D eigenvalue weighted by atomic mass is 10.0. The average Bonchev–Trinajstić information content (AvgIpc) is 2.52. The Hall–Kier alpha value is -2.62. The molecular formula is C20H23NO3. The Labute approximate surface area is 142 Å². The molecule has 2 N–H and O–H groups in total. The van der Waals surface area contributed by atoms with Crippen LogP contribution in [0, 0.1) is 13.8 Å². The van der Waals surface area contributed by atoms with E-state index in [4.69, 9.17) is 5.11 Å². The number of amides is 1. The van der Waals surface area contributed by atoms with E-state index >= 15 is 0 Å². The lowest BCUT2D eigenvalue weighted by Crippen LogP contribution is -2.25. The van der Waals surface area contributed by atoms with Gasteiger partial charge in [-0.05, 0) is 49.9 Å². The third-order valence-electron chi connectivity index (χ3n) is 3.86. The number of aryl methyl sites for hydroxylation is 3. The molecule has 0 bridgehead atoms. The maximum Gasteiger partial charge on any atom is 0.335 e. The van der Waals surface area contributed by atoms with Crippen LogP contribution in [-0.4, -0.2) is 23.5 Å². The van der Waals surface area contributed by atoms with E-state index < -0.39 is 5.97 Å². The summed E-state index contributed by atoms with van der Waals surface area (Å²) >= 11 is 0. The highest BCUT2D eigenvalue weighted by molar-refractivity contribution is 5.87. The Morgan fingerprint density at radius 1 is 0.917 bits per heavy atom. The molecule has 4 nitrogen and oxygen atoms in total. The molecule has 0 aromatic heterocycles. The van der Waals surface area contributed by atoms with Crippen molar-refractivity contribution in [2.45, 2.75) is 33.1 Å². The van der Waals surface area contributed by atoms with Gasteiger partial charge >= 0.3 is 5.97 Å². The minimum absolute atomic E-state index is 0.0155. The summed E-state index contributed by atoms with van der Waals surface area (Å²) in [6.07, 6.45) is 1.83. The summed E-state index contributed by atoms with van der Waals surface area (Å²) < 4.78 is 0. The van der Waals surface area contributed by atoms with E-state index in [2.05, 4.69) is 37.4 Å². The second kappa shape index (κ2) is 8.29. The van der Waals surface area contributed by atoms with Gasteiger partial charge in [-0.25, -0.2) is 4.79 Å². The molecule has 2 aromatic rings. The van der Waals surface area contributed by atoms with Crippen molar-refractivity contribution in [1.82, 2.24) is 5.32 Å². The van der Waals surface area contributed by atoms with Crippen LogP contribution in [0.15, 0.2) is 42.5 Å². The molecule has 1 amide bonds. The molecule has 0 fully saturated rings. The van der Waals surface area contributed by atoms with Crippen LogP contribution in [0.2, 0.25) is 0 Å². The fraction of sp³-hybridized carbons (Fsp3) is 0.300. The molecule has 0 spiro atoms. The Balaban J connectivity index is 1.74. The highest BCUT2D eigenvalue weighted by Gasteiger charge is 2.05. The SMILES string of the molecule is Cc1cc(C)cc(CCNC(=O)CCc2ccc(C(=O)O)cc2)c1. The van der Waals surface area contributed by atoms with Crippen molar-refractivity contribution in [3.05, 3.63) is 70.3 Å². The predicted molar refractivity (Wildman–Crippen MR) is 94.4 cm³/mol. The van der Waals surface area contributed by atoms with Gasteiger partial charge in [0.2, 0.25) is 5.91 Å². The monoisotopic (exact) mass is 325 g/mol. The van der Waals surface area contributed by atoms with Gasteiger partial charge in [-0.3, -0.25) is 4.79 Å². The summed E-state index contributed by atoms with van der Waals surface area (Å²) in [5.74, 6) is -0.924. The number of aromatic carboxylic acids is 1. The number of hydrogen-bond acceptors (Lipinski definition) is 2. The third kappa shape index (κ3) is 5.54. The van der Waals surface area contributed by atoms with Crippen LogP contribution in [0.4, 0.5) is 0 Å². The van der Waals surface area contributed by atoms with Crippen molar-refractivity contribution in [3.63, 3.8) is 0 Å². The Morgan fingerprint density at radius 2 is 1.54 bits per heavy atom. The zero-order valence-electron chi connectivity index (χ0n) is 14.1. The molecule has 4 heteroatoms. The Morgan fingerprint density at radius 3 is 2.12 bits per heavy atom. The second-order valence-electron chi connectivity index (χ2n) is 6.10. The molecule has 0 unspecified atom stereocenters. The first-order valence-corrected chi connectivity index (χ1v) is 8.10. The van der Waals surface area contributed by atoms with Gasteiger partial charge in [-0.2, -0.15) is 0 Å². The molecule has 2 rings (SSSR count). The third-order valence-corrected chi connectivity index (χ3v) is 3.86. The van der Waals surface area contributed by atoms with Crippen molar-refractivity contribution in [3.8, 4) is 0 Å². The quantitative estimate of drug-likeness (QED) is 0.821. The van der Waals surface area contributed by atoms with Crippen LogP contribution in [0.1, 0.15) is 39.0 Å². The standard InChI is InChI=1S/C20H23NO3/c1-14-11-15(2)13-17(12-14)9-10-21-19(22)8-5-16-3-6-18(7-4-16)20(23)24/h3-4,6-7,11-13H,5,8-10H2,1-2H3,(H,21,22)(H,23,24). The van der Waals surface area contributed by atoms with Crippen LogP contribution in [-0.2, 0) is 17.6 Å². The van der Waals surface area contributed by atoms with Gasteiger partial charge in [0.25, 0.3) is 0 Å². The van der Waals surface area contributed by atoms with E-state index in [-0.39, 0.29) is 11.5 Å². The van der Waals surface area contributed by atoms with Crippen molar-refractivity contribution < 1.29 is 14.7 Å². The topological polar surface area (TPSA) is 66.4 Å². The van der Waals surface area contributed by atoms with Crippen molar-refractivity contribution in [2.75, 3.05) is 6.54 Å². The second-order valence-corrected chi connectivity index (χ2v) is 6.10. The van der Waals surface area contributed by atoms with E-state index in [1.54, 1.807) is 24.3 Å². The predicted octanol–water partition coefficient (Wildman–Crippen LogP) is 3.29. The van der Waals surface area contributed by atoms with Crippen LogP contribution in [0.25, 0.3) is 0 Å². The zero-order valence-corrected chi connectivity index (χ0v) is 14.1. The van der Waals surface area contributed by atoms with Gasteiger partial charge in [0.1, 0.15) is 0 Å². The normalized spacial score (nSPS) is 10.4. The van der Waals surface area contributed by atoms with Crippen molar-refractivity contribution in [2.24, 2.45) is 0 Å². The van der Waals surface area contributed by atoms with Crippen LogP contribution in [0.3, 0.4) is 0 Å². The number of carboxylic acid groups (broad SMARTS) is 1. The summed E-state index contributed by atoms with van der Waals surface area (Å²) in [4.78, 5) is 22.7. The molecule has 0 atom stereocenters. The number of carboxylic acids is 1. The van der Waals surface area contributed by atoms with Crippen molar-refractivity contribution >= 4 is 11.9 Å². The smallest absolute Gasteiger partial charge is 0.335 e. The average molecular weight is 325 g/mol. The molecule has 0 saturated heterocycles. The molecule has 0 heterocycles. The number of hydrogen-bond donors (Lipinski definition) is 2. The molecule has 126 valence electrons. The van der Waals surface area contributed by atoms with Crippen LogP contribution in [0.5, 0.6) is 0 Å². The summed E-state index contributed by atoms with van der Waals surface area (Å²) in [5.41, 5.74) is 4.93. The maximum atomic E-state index is 11.9. The zero-order chi connectivity index (χ0) is 17.5. The summed E-state index contributed by atoms with van der Waals surface area (Å²) in [6, 6.07) is 13.1. The Kier molecular flexibility index (Phi) is 6.13. The first kappa shape index (κ1) is 17.7. The summed E-state index contributed by atoms with van der Waals surface area (Å²) in [6.45, 7) is 4.77. The number of carbonyl (C=O) groups is 2. The minimum Gasteiger partial charge on any atom is -0.478 e. The van der Waals surface area contributed by atoms with Gasteiger partial charge in [0.15, 0.2) is 0 Å². The molecule has 24 heavy (non-hydrogen) atoms. The number of nitrogens with one attached hydrogen (secondary N) is 1. The molecule has 0 aliphatic carbocycles. The van der Waals surface area contributed by atoms with E-state index in [0.717, 1.165) is 12.0 Å². The highest BCUT2D eigenvalue weighted by Crippen LogP contribution is 2.09. The lowest BCUT2D eigenvalue weighted by Gasteiger charge is -2.07. The molecular weight excluding hydrogens is 302 g/mol. The first-order chi connectivity index (χ1) is 11.4. The van der Waals surface area contributed by atoms with Gasteiger partial charge in [-0.15, -0.1) is 0 Å². The fourth-order valence-corrected chi connectivity index (χ4v) is 2.72. The summed E-state index contributed by atoms with van der Waals surface area (Å²) in [5, 5.41) is 11.8. The summed E-state index contributed by atoms with van der Waals surface area (Å²) in [7, 11) is 0. The molecule has 0 radical (unpaired) electrons. The van der Waals surface area contributed by atoms with E-state index in [0.29, 0.717) is 19.4 Å².